The maximum Gasteiger partial charge on any atom is 0.238 e. The van der Waals surface area contributed by atoms with Crippen molar-refractivity contribution in [3.05, 3.63) is 18.2 Å². The molecule has 0 radical (unpaired) electrons. The standard InChI is InChI=1S/C12H21N3O3S/c1-9(2)8-18-6-5-15-12-7-10(19(14,16)17)3-4-11(12)13/h3-4,7,9,15H,5-6,8,13H2,1-2H3,(H2,14,16,17). The fourth-order valence-corrected chi connectivity index (χ4v) is 1.98. The number of primary sulfonamides is 1. The predicted molar refractivity (Wildman–Crippen MR) is 76.4 cm³/mol. The number of rotatable bonds is 7. The predicted octanol–water partition coefficient (Wildman–Crippen LogP) is 1.00. The van der Waals surface area contributed by atoms with Crippen LogP contribution in [0.3, 0.4) is 0 Å². The van der Waals surface area contributed by atoms with E-state index in [9.17, 15) is 8.42 Å². The summed E-state index contributed by atoms with van der Waals surface area (Å²) in [5, 5.41) is 8.09. The number of nitrogen functional groups attached to an aromatic ring is 1. The van der Waals surface area contributed by atoms with Gasteiger partial charge in [-0.15, -0.1) is 0 Å². The average Bonchev–Trinajstić information content (AvgIpc) is 2.29. The second kappa shape index (κ2) is 6.74. The molecule has 0 aliphatic rings. The van der Waals surface area contributed by atoms with Crippen molar-refractivity contribution >= 4 is 21.4 Å². The molecule has 5 N–H and O–H groups in total. The van der Waals surface area contributed by atoms with Crippen molar-refractivity contribution < 1.29 is 13.2 Å². The molecule has 0 amide bonds. The van der Waals surface area contributed by atoms with Crippen LogP contribution in [0.25, 0.3) is 0 Å². The molecule has 0 spiro atoms. The summed E-state index contributed by atoms with van der Waals surface area (Å²) in [5.41, 5.74) is 6.77. The zero-order valence-electron chi connectivity index (χ0n) is 11.2. The van der Waals surface area contributed by atoms with Gasteiger partial charge in [0.25, 0.3) is 0 Å². The van der Waals surface area contributed by atoms with E-state index >= 15 is 0 Å². The summed E-state index contributed by atoms with van der Waals surface area (Å²) in [7, 11) is -3.72. The Morgan fingerprint density at radius 2 is 2.05 bits per heavy atom. The van der Waals surface area contributed by atoms with E-state index in [0.717, 1.165) is 0 Å². The molecule has 0 bridgehead atoms. The van der Waals surface area contributed by atoms with Gasteiger partial charge in [0.15, 0.2) is 0 Å². The van der Waals surface area contributed by atoms with Gasteiger partial charge in [-0.1, -0.05) is 13.8 Å². The van der Waals surface area contributed by atoms with Gasteiger partial charge in [0.05, 0.1) is 22.9 Å². The SMILES string of the molecule is CC(C)COCCNc1cc(S(N)(=O)=O)ccc1N. The van der Waals surface area contributed by atoms with Crippen LogP contribution in [0, 0.1) is 5.92 Å². The molecule has 0 heterocycles. The first-order chi connectivity index (χ1) is 8.80. The molecule has 7 heteroatoms. The van der Waals surface area contributed by atoms with Crippen molar-refractivity contribution in [2.45, 2.75) is 18.7 Å². The third kappa shape index (κ3) is 5.46. The highest BCUT2D eigenvalue weighted by Crippen LogP contribution is 2.21. The normalized spacial score (nSPS) is 11.8. The van der Waals surface area contributed by atoms with Gasteiger partial charge in [-0.3, -0.25) is 0 Å². The molecular formula is C12H21N3O3S. The van der Waals surface area contributed by atoms with Crippen LogP contribution in [0.4, 0.5) is 11.4 Å². The number of hydrogen-bond acceptors (Lipinski definition) is 5. The number of benzene rings is 1. The van der Waals surface area contributed by atoms with Crippen molar-refractivity contribution in [1.29, 1.82) is 0 Å². The van der Waals surface area contributed by atoms with Crippen molar-refractivity contribution in [3.63, 3.8) is 0 Å². The van der Waals surface area contributed by atoms with Crippen LogP contribution in [0.1, 0.15) is 13.8 Å². The van der Waals surface area contributed by atoms with Crippen molar-refractivity contribution in [2.24, 2.45) is 11.1 Å². The Labute approximate surface area is 114 Å². The van der Waals surface area contributed by atoms with E-state index in [1.54, 1.807) is 0 Å². The lowest BCUT2D eigenvalue weighted by atomic mass is 10.2. The summed E-state index contributed by atoms with van der Waals surface area (Å²) in [5.74, 6) is 0.482. The van der Waals surface area contributed by atoms with Gasteiger partial charge >= 0.3 is 0 Å². The lowest BCUT2D eigenvalue weighted by Gasteiger charge is -2.11. The highest BCUT2D eigenvalue weighted by Gasteiger charge is 2.10. The molecule has 1 rings (SSSR count). The summed E-state index contributed by atoms with van der Waals surface area (Å²) in [4.78, 5) is 0.0345. The van der Waals surface area contributed by atoms with Crippen LogP contribution in [0.15, 0.2) is 23.1 Å². The maximum atomic E-state index is 11.2. The van der Waals surface area contributed by atoms with Crippen LogP contribution >= 0.6 is 0 Å². The molecule has 0 fully saturated rings. The van der Waals surface area contributed by atoms with Gasteiger partial charge in [-0.25, -0.2) is 13.6 Å². The topological polar surface area (TPSA) is 107 Å². The highest BCUT2D eigenvalue weighted by atomic mass is 32.2. The van der Waals surface area contributed by atoms with E-state index in [1.165, 1.54) is 18.2 Å². The van der Waals surface area contributed by atoms with Crippen LogP contribution in [0.5, 0.6) is 0 Å². The number of nitrogens with one attached hydrogen (secondary N) is 1. The summed E-state index contributed by atoms with van der Waals surface area (Å²) >= 11 is 0. The molecule has 0 saturated heterocycles. The van der Waals surface area contributed by atoms with E-state index in [-0.39, 0.29) is 4.90 Å². The molecule has 19 heavy (non-hydrogen) atoms. The van der Waals surface area contributed by atoms with Crippen molar-refractivity contribution in [3.8, 4) is 0 Å². The molecule has 0 atom stereocenters. The molecule has 0 unspecified atom stereocenters. The zero-order chi connectivity index (χ0) is 14.5. The largest absolute Gasteiger partial charge is 0.397 e. The maximum absolute atomic E-state index is 11.2. The van der Waals surface area contributed by atoms with Crippen molar-refractivity contribution in [1.82, 2.24) is 0 Å². The Bertz CT molecular complexity index is 515. The quantitative estimate of drug-likeness (QED) is 0.512. The van der Waals surface area contributed by atoms with Gasteiger partial charge in [0.1, 0.15) is 0 Å². The number of anilines is 2. The van der Waals surface area contributed by atoms with Crippen molar-refractivity contribution in [2.75, 3.05) is 30.8 Å². The first-order valence-electron chi connectivity index (χ1n) is 6.04. The molecule has 6 nitrogen and oxygen atoms in total. The first-order valence-corrected chi connectivity index (χ1v) is 7.59. The first kappa shape index (κ1) is 15.7. The molecule has 0 aromatic heterocycles. The smallest absolute Gasteiger partial charge is 0.238 e. The number of nitrogens with two attached hydrogens (primary N) is 2. The lowest BCUT2D eigenvalue weighted by molar-refractivity contribution is 0.118. The van der Waals surface area contributed by atoms with Gasteiger partial charge in [0.2, 0.25) is 10.0 Å². The third-order valence-corrected chi connectivity index (χ3v) is 3.28. The van der Waals surface area contributed by atoms with Gasteiger partial charge < -0.3 is 15.8 Å². The van der Waals surface area contributed by atoms with E-state index in [4.69, 9.17) is 15.6 Å². The summed E-state index contributed by atoms with van der Waals surface area (Å²) < 4.78 is 27.9. The molecule has 0 aliphatic carbocycles. The number of sulfonamides is 1. The third-order valence-electron chi connectivity index (χ3n) is 2.37. The molecule has 1 aromatic rings. The monoisotopic (exact) mass is 287 g/mol. The Kier molecular flexibility index (Phi) is 5.59. The Hall–Kier alpha value is -1.31. The minimum atomic E-state index is -3.72. The Morgan fingerprint density at radius 1 is 1.37 bits per heavy atom. The van der Waals surface area contributed by atoms with Gasteiger partial charge in [-0.2, -0.15) is 0 Å². The van der Waals surface area contributed by atoms with Crippen LogP contribution in [-0.4, -0.2) is 28.2 Å². The number of hydrogen-bond donors (Lipinski definition) is 3. The molecular weight excluding hydrogens is 266 g/mol. The lowest BCUT2D eigenvalue weighted by Crippen LogP contribution is -2.15. The average molecular weight is 287 g/mol. The second-order valence-corrected chi connectivity index (χ2v) is 6.25. The van der Waals surface area contributed by atoms with Crippen LogP contribution < -0.4 is 16.2 Å². The number of ether oxygens (including phenoxy) is 1. The zero-order valence-corrected chi connectivity index (χ0v) is 12.0. The summed E-state index contributed by atoms with van der Waals surface area (Å²) in [6.45, 7) is 5.90. The van der Waals surface area contributed by atoms with Crippen LogP contribution in [-0.2, 0) is 14.8 Å². The molecule has 108 valence electrons. The van der Waals surface area contributed by atoms with Gasteiger partial charge in [-0.05, 0) is 24.1 Å². The van der Waals surface area contributed by atoms with E-state index < -0.39 is 10.0 Å². The fourth-order valence-electron chi connectivity index (χ4n) is 1.44. The van der Waals surface area contributed by atoms with E-state index in [0.29, 0.717) is 37.1 Å². The van der Waals surface area contributed by atoms with E-state index in [2.05, 4.69) is 19.2 Å². The fraction of sp³-hybridized carbons (Fsp3) is 0.500. The summed E-state index contributed by atoms with van der Waals surface area (Å²) in [6.07, 6.45) is 0. The van der Waals surface area contributed by atoms with E-state index in [1.807, 2.05) is 0 Å². The van der Waals surface area contributed by atoms with Crippen LogP contribution in [0.2, 0.25) is 0 Å². The highest BCUT2D eigenvalue weighted by molar-refractivity contribution is 7.89. The minimum absolute atomic E-state index is 0.0345. The molecule has 0 saturated carbocycles. The molecule has 0 aliphatic heterocycles. The Balaban J connectivity index is 2.58. The molecule has 1 aromatic carbocycles. The van der Waals surface area contributed by atoms with Gasteiger partial charge in [0, 0.05) is 13.2 Å². The second-order valence-electron chi connectivity index (χ2n) is 4.69. The minimum Gasteiger partial charge on any atom is -0.397 e. The Morgan fingerprint density at radius 3 is 2.63 bits per heavy atom. The summed E-state index contributed by atoms with van der Waals surface area (Å²) in [6, 6.07) is 4.31.